The first kappa shape index (κ1) is 10.7. The molecule has 1 aliphatic rings. The standard InChI is InChI=1S/C12H13NO3/c1-12(11(14)15-2)8-16-10(13-12)9-6-4-3-5-7-9/h3-7H,8H2,1-2H3/t12-/m0/s1. The quantitative estimate of drug-likeness (QED) is 0.706. The molecule has 0 amide bonds. The van der Waals surface area contributed by atoms with Crippen LogP contribution in [0.2, 0.25) is 0 Å². The van der Waals surface area contributed by atoms with E-state index in [2.05, 4.69) is 4.99 Å². The van der Waals surface area contributed by atoms with Gasteiger partial charge in [0.25, 0.3) is 0 Å². The summed E-state index contributed by atoms with van der Waals surface area (Å²) in [6.45, 7) is 1.93. The minimum Gasteiger partial charge on any atom is -0.474 e. The van der Waals surface area contributed by atoms with Crippen LogP contribution in [0.15, 0.2) is 35.3 Å². The molecule has 0 aromatic heterocycles. The van der Waals surface area contributed by atoms with E-state index < -0.39 is 5.54 Å². The molecule has 0 fully saturated rings. The smallest absolute Gasteiger partial charge is 0.337 e. The Bertz CT molecular complexity index is 427. The third kappa shape index (κ3) is 1.78. The minimum absolute atomic E-state index is 0.226. The highest BCUT2D eigenvalue weighted by atomic mass is 16.5. The maximum Gasteiger partial charge on any atom is 0.337 e. The van der Waals surface area contributed by atoms with Gasteiger partial charge in [-0.25, -0.2) is 9.79 Å². The Morgan fingerprint density at radius 2 is 2.12 bits per heavy atom. The first-order chi connectivity index (χ1) is 7.65. The molecule has 0 unspecified atom stereocenters. The first-order valence-electron chi connectivity index (χ1n) is 5.02. The Labute approximate surface area is 93.9 Å². The van der Waals surface area contributed by atoms with Crippen LogP contribution in [-0.2, 0) is 14.3 Å². The average molecular weight is 219 g/mol. The van der Waals surface area contributed by atoms with Crippen LogP contribution in [-0.4, -0.2) is 31.1 Å². The molecule has 4 heteroatoms. The number of rotatable bonds is 2. The fourth-order valence-electron chi connectivity index (χ4n) is 1.55. The van der Waals surface area contributed by atoms with Crippen LogP contribution in [0.4, 0.5) is 0 Å². The molecule has 0 bridgehead atoms. The number of benzene rings is 1. The van der Waals surface area contributed by atoms with Crippen molar-refractivity contribution in [2.24, 2.45) is 4.99 Å². The van der Waals surface area contributed by atoms with Crippen LogP contribution < -0.4 is 0 Å². The molecule has 0 N–H and O–H groups in total. The topological polar surface area (TPSA) is 47.9 Å². The number of nitrogens with zero attached hydrogens (tertiary/aromatic N) is 1. The van der Waals surface area contributed by atoms with Gasteiger partial charge < -0.3 is 9.47 Å². The zero-order valence-electron chi connectivity index (χ0n) is 9.27. The second-order valence-electron chi connectivity index (χ2n) is 3.84. The molecule has 2 rings (SSSR count). The van der Waals surface area contributed by atoms with Gasteiger partial charge in [-0.05, 0) is 19.1 Å². The minimum atomic E-state index is -0.917. The first-order valence-corrected chi connectivity index (χ1v) is 5.02. The predicted octanol–water partition coefficient (Wildman–Crippen LogP) is 1.40. The van der Waals surface area contributed by atoms with Gasteiger partial charge in [0.1, 0.15) is 6.61 Å². The van der Waals surface area contributed by atoms with Crippen LogP contribution >= 0.6 is 0 Å². The fraction of sp³-hybridized carbons (Fsp3) is 0.333. The lowest BCUT2D eigenvalue weighted by atomic mass is 10.1. The van der Waals surface area contributed by atoms with E-state index in [1.54, 1.807) is 6.92 Å². The highest BCUT2D eigenvalue weighted by Gasteiger charge is 2.40. The molecule has 0 radical (unpaired) electrons. The number of hydrogen-bond acceptors (Lipinski definition) is 4. The van der Waals surface area contributed by atoms with Gasteiger partial charge in [0.2, 0.25) is 5.90 Å². The molecule has 1 atom stereocenters. The molecule has 0 spiro atoms. The lowest BCUT2D eigenvalue weighted by Gasteiger charge is -2.13. The van der Waals surface area contributed by atoms with E-state index in [0.717, 1.165) is 5.56 Å². The van der Waals surface area contributed by atoms with Crippen molar-refractivity contribution in [3.8, 4) is 0 Å². The Hall–Kier alpha value is -1.84. The van der Waals surface area contributed by atoms with Crippen molar-refractivity contribution in [2.75, 3.05) is 13.7 Å². The number of esters is 1. The summed E-state index contributed by atoms with van der Waals surface area (Å²) >= 11 is 0. The van der Waals surface area contributed by atoms with E-state index in [0.29, 0.717) is 5.90 Å². The summed E-state index contributed by atoms with van der Waals surface area (Å²) in [6.07, 6.45) is 0. The second-order valence-corrected chi connectivity index (χ2v) is 3.84. The molecule has 4 nitrogen and oxygen atoms in total. The zero-order valence-corrected chi connectivity index (χ0v) is 9.27. The molecule has 84 valence electrons. The van der Waals surface area contributed by atoms with Gasteiger partial charge in [0, 0.05) is 5.56 Å². The molecular formula is C12H13NO3. The van der Waals surface area contributed by atoms with E-state index in [4.69, 9.17) is 9.47 Å². The second kappa shape index (κ2) is 3.96. The van der Waals surface area contributed by atoms with Gasteiger partial charge in [-0.2, -0.15) is 0 Å². The maximum absolute atomic E-state index is 11.5. The molecule has 1 aromatic rings. The van der Waals surface area contributed by atoms with Crippen molar-refractivity contribution >= 4 is 11.9 Å². The van der Waals surface area contributed by atoms with Gasteiger partial charge in [-0.3, -0.25) is 0 Å². The summed E-state index contributed by atoms with van der Waals surface area (Å²) < 4.78 is 10.1. The van der Waals surface area contributed by atoms with Crippen LogP contribution in [0.1, 0.15) is 12.5 Å². The lowest BCUT2D eigenvalue weighted by Crippen LogP contribution is -2.35. The van der Waals surface area contributed by atoms with Crippen molar-refractivity contribution in [3.05, 3.63) is 35.9 Å². The van der Waals surface area contributed by atoms with Crippen molar-refractivity contribution in [1.29, 1.82) is 0 Å². The molecule has 16 heavy (non-hydrogen) atoms. The largest absolute Gasteiger partial charge is 0.474 e. The fourth-order valence-corrected chi connectivity index (χ4v) is 1.55. The van der Waals surface area contributed by atoms with Gasteiger partial charge in [-0.1, -0.05) is 18.2 Å². The number of carbonyl (C=O) groups excluding carboxylic acids is 1. The lowest BCUT2D eigenvalue weighted by molar-refractivity contribution is -0.146. The van der Waals surface area contributed by atoms with E-state index in [1.165, 1.54) is 7.11 Å². The maximum atomic E-state index is 11.5. The van der Waals surface area contributed by atoms with Crippen LogP contribution in [0.3, 0.4) is 0 Å². The summed E-state index contributed by atoms with van der Waals surface area (Å²) in [7, 11) is 1.35. The highest BCUT2D eigenvalue weighted by Crippen LogP contribution is 2.22. The third-order valence-corrected chi connectivity index (χ3v) is 2.48. The van der Waals surface area contributed by atoms with E-state index in [1.807, 2.05) is 30.3 Å². The van der Waals surface area contributed by atoms with Crippen molar-refractivity contribution in [2.45, 2.75) is 12.5 Å². The van der Waals surface area contributed by atoms with Crippen LogP contribution in [0, 0.1) is 0 Å². The van der Waals surface area contributed by atoms with Crippen molar-refractivity contribution in [3.63, 3.8) is 0 Å². The molecule has 0 saturated heterocycles. The number of methoxy groups -OCH3 is 1. The molecule has 0 aliphatic carbocycles. The Balaban J connectivity index is 2.28. The monoisotopic (exact) mass is 219 g/mol. The Morgan fingerprint density at radius 1 is 1.44 bits per heavy atom. The summed E-state index contributed by atoms with van der Waals surface area (Å²) in [5, 5.41) is 0. The zero-order chi connectivity index (χ0) is 11.6. The number of carbonyl (C=O) groups is 1. The summed E-state index contributed by atoms with van der Waals surface area (Å²) in [6, 6.07) is 9.49. The SMILES string of the molecule is COC(=O)[C@]1(C)COC(c2ccccc2)=N1. The summed E-state index contributed by atoms with van der Waals surface area (Å²) in [4.78, 5) is 15.8. The normalized spacial score (nSPS) is 23.5. The van der Waals surface area contributed by atoms with Gasteiger partial charge in [0.05, 0.1) is 7.11 Å². The predicted molar refractivity (Wildman–Crippen MR) is 59.4 cm³/mol. The Kier molecular flexibility index (Phi) is 2.64. The highest BCUT2D eigenvalue weighted by molar-refractivity contribution is 5.98. The van der Waals surface area contributed by atoms with E-state index in [9.17, 15) is 4.79 Å². The number of aliphatic imine (C=N–C) groups is 1. The van der Waals surface area contributed by atoms with E-state index in [-0.39, 0.29) is 12.6 Å². The van der Waals surface area contributed by atoms with Gasteiger partial charge in [-0.15, -0.1) is 0 Å². The van der Waals surface area contributed by atoms with Crippen LogP contribution in [0.5, 0.6) is 0 Å². The molecule has 1 aliphatic heterocycles. The van der Waals surface area contributed by atoms with Crippen LogP contribution in [0.25, 0.3) is 0 Å². The van der Waals surface area contributed by atoms with Crippen molar-refractivity contribution in [1.82, 2.24) is 0 Å². The molecular weight excluding hydrogens is 206 g/mol. The summed E-state index contributed by atoms with van der Waals surface area (Å²) in [5.74, 6) is 0.118. The Morgan fingerprint density at radius 3 is 2.75 bits per heavy atom. The summed E-state index contributed by atoms with van der Waals surface area (Å²) in [5.41, 5.74) is -0.0463. The molecule has 0 saturated carbocycles. The average Bonchev–Trinajstić information content (AvgIpc) is 2.73. The van der Waals surface area contributed by atoms with Crippen molar-refractivity contribution < 1.29 is 14.3 Å². The molecule has 1 heterocycles. The molecule has 1 aromatic carbocycles. The van der Waals surface area contributed by atoms with E-state index >= 15 is 0 Å². The number of hydrogen-bond donors (Lipinski definition) is 0. The third-order valence-electron chi connectivity index (χ3n) is 2.48. The number of ether oxygens (including phenoxy) is 2. The van der Waals surface area contributed by atoms with Gasteiger partial charge >= 0.3 is 5.97 Å². The van der Waals surface area contributed by atoms with Gasteiger partial charge in [0.15, 0.2) is 5.54 Å².